The van der Waals surface area contributed by atoms with Crippen LogP contribution in [0.2, 0.25) is 0 Å². The highest BCUT2D eigenvalue weighted by Gasteiger charge is 2.24. The van der Waals surface area contributed by atoms with E-state index in [1.165, 1.54) is 22.1 Å². The quantitative estimate of drug-likeness (QED) is 0.204. The van der Waals surface area contributed by atoms with Crippen molar-refractivity contribution in [3.05, 3.63) is 113 Å². The van der Waals surface area contributed by atoms with Gasteiger partial charge < -0.3 is 10.6 Å². The molecule has 7 rings (SSSR count). The van der Waals surface area contributed by atoms with Gasteiger partial charge in [0.15, 0.2) is 11.7 Å². The molecule has 8 nitrogen and oxygen atoms in total. The van der Waals surface area contributed by atoms with E-state index in [4.69, 9.17) is 4.99 Å². The number of aliphatic imine (C=N–C) groups is 1. The van der Waals surface area contributed by atoms with Gasteiger partial charge in [-0.1, -0.05) is 42.5 Å². The van der Waals surface area contributed by atoms with Gasteiger partial charge in [-0.2, -0.15) is 5.10 Å². The minimum atomic E-state index is -0.552. The van der Waals surface area contributed by atoms with Gasteiger partial charge in [0.2, 0.25) is 5.91 Å². The minimum Gasteiger partial charge on any atom is -0.338 e. The van der Waals surface area contributed by atoms with Crippen LogP contribution in [0.25, 0.3) is 32.6 Å². The first-order valence-corrected chi connectivity index (χ1v) is 14.2. The van der Waals surface area contributed by atoms with Crippen molar-refractivity contribution in [3.63, 3.8) is 0 Å². The number of pyridine rings is 2. The summed E-state index contributed by atoms with van der Waals surface area (Å²) in [7, 11) is 0. The molecule has 0 bridgehead atoms. The fourth-order valence-corrected chi connectivity index (χ4v) is 6.04. The first kappa shape index (κ1) is 25.7. The highest BCUT2D eigenvalue weighted by molar-refractivity contribution is 7.15. The number of thiophene rings is 1. The Morgan fingerprint density at radius 3 is 2.74 bits per heavy atom. The van der Waals surface area contributed by atoms with Crippen LogP contribution in [0.5, 0.6) is 0 Å². The molecule has 3 N–H and O–H groups in total. The van der Waals surface area contributed by atoms with Gasteiger partial charge in [0.1, 0.15) is 11.4 Å². The second-order valence-corrected chi connectivity index (χ2v) is 11.3. The van der Waals surface area contributed by atoms with Crippen molar-refractivity contribution >= 4 is 45.4 Å². The van der Waals surface area contributed by atoms with Crippen LogP contribution in [0.15, 0.2) is 90.3 Å². The van der Waals surface area contributed by atoms with Crippen LogP contribution in [0, 0.1) is 12.7 Å². The largest absolute Gasteiger partial charge is 0.338 e. The van der Waals surface area contributed by atoms with Crippen molar-refractivity contribution in [3.8, 4) is 21.7 Å². The van der Waals surface area contributed by atoms with E-state index < -0.39 is 5.82 Å². The number of amidine groups is 1. The average Bonchev–Trinajstić information content (AvgIpc) is 3.64. The standard InChI is InChI=1S/C32H24FN7OS/c1-18-10-11-26(42-18)22-8-5-9-24-23(22)16-36-32(38-24)31-28-25(39-40-31)17-35-30(29(28)33)20-13-21(15-34-14-20)37-27(41)12-19-6-3-2-4-7-19/h2-11,13-15,17H,12,16H2,1H3,(H,36,38)(H,37,41)(H,39,40). The number of aromatic nitrogens is 4. The molecule has 0 radical (unpaired) electrons. The molecule has 0 atom stereocenters. The van der Waals surface area contributed by atoms with E-state index in [1.807, 2.05) is 42.5 Å². The summed E-state index contributed by atoms with van der Waals surface area (Å²) < 4.78 is 16.2. The lowest BCUT2D eigenvalue weighted by Gasteiger charge is -2.20. The van der Waals surface area contributed by atoms with Crippen molar-refractivity contribution < 1.29 is 9.18 Å². The summed E-state index contributed by atoms with van der Waals surface area (Å²) in [4.78, 5) is 28.3. The number of nitrogens with zero attached hydrogens (tertiary/aromatic N) is 4. The molecule has 6 aromatic rings. The number of carbonyl (C=O) groups is 1. The van der Waals surface area contributed by atoms with E-state index in [2.05, 4.69) is 55.9 Å². The Morgan fingerprint density at radius 2 is 1.90 bits per heavy atom. The lowest BCUT2D eigenvalue weighted by atomic mass is 10.0. The Balaban J connectivity index is 1.18. The lowest BCUT2D eigenvalue weighted by Crippen LogP contribution is -2.20. The number of hydrogen-bond donors (Lipinski definition) is 3. The van der Waals surface area contributed by atoms with E-state index in [1.54, 1.807) is 23.6 Å². The number of rotatable bonds is 6. The molecule has 1 aliphatic rings. The molecule has 0 saturated heterocycles. The fourth-order valence-electron chi connectivity index (χ4n) is 5.12. The van der Waals surface area contributed by atoms with Crippen molar-refractivity contribution in [2.45, 2.75) is 19.9 Å². The number of aromatic amines is 1. The summed E-state index contributed by atoms with van der Waals surface area (Å²) in [5.41, 5.74) is 5.83. The number of fused-ring (bicyclic) bond motifs is 2. The number of carbonyl (C=O) groups excluding carboxylic acids is 1. The molecule has 0 saturated carbocycles. The number of H-pyrrole nitrogens is 1. The van der Waals surface area contributed by atoms with Gasteiger partial charge >= 0.3 is 0 Å². The van der Waals surface area contributed by atoms with Crippen LogP contribution in [0.1, 0.15) is 21.7 Å². The third-order valence-electron chi connectivity index (χ3n) is 7.10. The van der Waals surface area contributed by atoms with Crippen molar-refractivity contribution in [1.82, 2.24) is 20.2 Å². The molecule has 1 amide bonds. The van der Waals surface area contributed by atoms with E-state index in [-0.39, 0.29) is 23.4 Å². The molecule has 4 aromatic heterocycles. The van der Waals surface area contributed by atoms with Crippen molar-refractivity contribution in [1.29, 1.82) is 0 Å². The zero-order valence-corrected chi connectivity index (χ0v) is 23.3. The van der Waals surface area contributed by atoms with Crippen LogP contribution in [0.4, 0.5) is 15.8 Å². The summed E-state index contributed by atoms with van der Waals surface area (Å²) in [6, 6.07) is 21.4. The molecule has 0 spiro atoms. The Bertz CT molecular complexity index is 2000. The SMILES string of the molecule is Cc1ccc(-c2cccc3c2CN=C(c2n[nH]c4cnc(-c5cncc(NC(=O)Cc6ccccc6)c5)c(F)c24)N3)s1. The highest BCUT2D eigenvalue weighted by Crippen LogP contribution is 2.37. The Hall–Kier alpha value is -5.22. The zero-order chi connectivity index (χ0) is 28.6. The summed E-state index contributed by atoms with van der Waals surface area (Å²) >= 11 is 1.74. The van der Waals surface area contributed by atoms with E-state index >= 15 is 4.39 Å². The average molecular weight is 574 g/mol. The van der Waals surface area contributed by atoms with Crippen molar-refractivity contribution in [2.24, 2.45) is 4.99 Å². The molecule has 2 aromatic carbocycles. The predicted octanol–water partition coefficient (Wildman–Crippen LogP) is 6.75. The molecular formula is C32H24FN7OS. The Labute approximate surface area is 244 Å². The third-order valence-corrected chi connectivity index (χ3v) is 8.14. The summed E-state index contributed by atoms with van der Waals surface area (Å²) in [6.07, 6.45) is 4.80. The fraction of sp³-hybridized carbons (Fsp3) is 0.0938. The van der Waals surface area contributed by atoms with E-state index in [9.17, 15) is 4.79 Å². The van der Waals surface area contributed by atoms with Gasteiger partial charge in [0.05, 0.1) is 41.9 Å². The van der Waals surface area contributed by atoms with Gasteiger partial charge in [-0.15, -0.1) is 11.3 Å². The molecule has 42 heavy (non-hydrogen) atoms. The van der Waals surface area contributed by atoms with Gasteiger partial charge in [0, 0.05) is 32.8 Å². The Morgan fingerprint density at radius 1 is 1.02 bits per heavy atom. The normalized spacial score (nSPS) is 12.5. The molecular weight excluding hydrogens is 549 g/mol. The van der Waals surface area contributed by atoms with Gasteiger partial charge in [-0.25, -0.2) is 4.39 Å². The molecule has 206 valence electrons. The molecule has 5 heterocycles. The number of amides is 1. The number of benzene rings is 2. The summed E-state index contributed by atoms with van der Waals surface area (Å²) in [5.74, 6) is -0.270. The maximum Gasteiger partial charge on any atom is 0.228 e. The molecule has 0 aliphatic carbocycles. The van der Waals surface area contributed by atoms with Crippen LogP contribution in [-0.4, -0.2) is 31.9 Å². The van der Waals surface area contributed by atoms with Crippen LogP contribution < -0.4 is 10.6 Å². The number of nitrogens with one attached hydrogen (secondary N) is 3. The smallest absolute Gasteiger partial charge is 0.228 e. The highest BCUT2D eigenvalue weighted by atomic mass is 32.1. The first-order chi connectivity index (χ1) is 20.5. The lowest BCUT2D eigenvalue weighted by molar-refractivity contribution is -0.115. The van der Waals surface area contributed by atoms with E-state index in [0.29, 0.717) is 34.8 Å². The molecule has 0 unspecified atom stereocenters. The third kappa shape index (κ3) is 4.82. The zero-order valence-electron chi connectivity index (χ0n) is 22.5. The van der Waals surface area contributed by atoms with Crippen LogP contribution >= 0.6 is 11.3 Å². The monoisotopic (exact) mass is 573 g/mol. The van der Waals surface area contributed by atoms with Crippen LogP contribution in [-0.2, 0) is 17.8 Å². The summed E-state index contributed by atoms with van der Waals surface area (Å²) in [6.45, 7) is 2.53. The predicted molar refractivity (Wildman–Crippen MR) is 164 cm³/mol. The van der Waals surface area contributed by atoms with Gasteiger partial charge in [0.25, 0.3) is 0 Å². The molecule has 10 heteroatoms. The maximum absolute atomic E-state index is 16.2. The van der Waals surface area contributed by atoms with Gasteiger partial charge in [-0.05, 0) is 42.3 Å². The number of hydrogen-bond acceptors (Lipinski definition) is 7. The first-order valence-electron chi connectivity index (χ1n) is 13.4. The second-order valence-electron chi connectivity index (χ2n) is 9.99. The molecule has 1 aliphatic heterocycles. The minimum absolute atomic E-state index is 0.101. The topological polar surface area (TPSA) is 108 Å². The van der Waals surface area contributed by atoms with E-state index in [0.717, 1.165) is 22.4 Å². The number of anilines is 2. The summed E-state index contributed by atoms with van der Waals surface area (Å²) in [5, 5.41) is 13.8. The van der Waals surface area contributed by atoms with Crippen LogP contribution in [0.3, 0.4) is 0 Å². The van der Waals surface area contributed by atoms with Gasteiger partial charge in [-0.3, -0.25) is 24.9 Å². The number of aryl methyl sites for hydroxylation is 1. The Kier molecular flexibility index (Phi) is 6.52. The number of halogens is 1. The second kappa shape index (κ2) is 10.6. The van der Waals surface area contributed by atoms with Crippen molar-refractivity contribution in [2.75, 3.05) is 10.6 Å². The maximum atomic E-state index is 16.2. The molecule has 0 fully saturated rings.